The van der Waals surface area contributed by atoms with Crippen molar-refractivity contribution in [3.05, 3.63) is 35.9 Å². The van der Waals surface area contributed by atoms with E-state index in [9.17, 15) is 9.59 Å². The highest BCUT2D eigenvalue weighted by Gasteiger charge is 2.70. The maximum Gasteiger partial charge on any atom is 0.318 e. The van der Waals surface area contributed by atoms with Crippen LogP contribution in [0.5, 0.6) is 0 Å². The van der Waals surface area contributed by atoms with Gasteiger partial charge in [0, 0.05) is 19.7 Å². The van der Waals surface area contributed by atoms with Gasteiger partial charge in [-0.25, -0.2) is 0 Å². The molecule has 5 atom stereocenters. The molecular formula is C23H33NO4Si. The van der Waals surface area contributed by atoms with E-state index < -0.39 is 24.9 Å². The van der Waals surface area contributed by atoms with Crippen LogP contribution in [0.3, 0.4) is 0 Å². The lowest BCUT2D eigenvalue weighted by Gasteiger charge is -2.60. The monoisotopic (exact) mass is 415 g/mol. The van der Waals surface area contributed by atoms with Crippen LogP contribution in [0.4, 0.5) is 0 Å². The second-order valence-electron chi connectivity index (χ2n) is 9.97. The minimum Gasteiger partial charge on any atom is -0.469 e. The molecule has 29 heavy (non-hydrogen) atoms. The molecule has 0 amide bonds. The van der Waals surface area contributed by atoms with Crippen LogP contribution >= 0.6 is 0 Å². The molecule has 1 aliphatic carbocycles. The van der Waals surface area contributed by atoms with Crippen molar-refractivity contribution in [2.24, 2.45) is 22.2 Å². The lowest BCUT2D eigenvalue weighted by Crippen LogP contribution is -2.67. The maximum atomic E-state index is 13.6. The van der Waals surface area contributed by atoms with Gasteiger partial charge in [-0.05, 0) is 31.7 Å². The Morgan fingerprint density at radius 2 is 1.76 bits per heavy atom. The molecule has 4 rings (SSSR count). The summed E-state index contributed by atoms with van der Waals surface area (Å²) in [5.41, 5.74) is 0.203. The van der Waals surface area contributed by atoms with Gasteiger partial charge < -0.3 is 9.47 Å². The van der Waals surface area contributed by atoms with Crippen molar-refractivity contribution in [1.82, 2.24) is 0 Å². The van der Waals surface area contributed by atoms with Crippen molar-refractivity contribution in [2.75, 3.05) is 14.2 Å². The predicted octanol–water partition coefficient (Wildman–Crippen LogP) is 4.31. The number of hydrogen-bond donors (Lipinski definition) is 0. The standard InChI is InChI=1S/C23H33NO4Si/c1-15-23(21(26)28-4)17(14-29(5,6)7)13-22(2,24-15)19(20(25)27-3)18(23)16-11-9-8-10-12-16/h8-12,17-19H,13-14H2,1-7H3. The van der Waals surface area contributed by atoms with Crippen molar-refractivity contribution in [3.63, 3.8) is 0 Å². The second-order valence-corrected chi connectivity index (χ2v) is 15.5. The quantitative estimate of drug-likeness (QED) is 0.531. The third kappa shape index (κ3) is 3.35. The smallest absolute Gasteiger partial charge is 0.318 e. The Morgan fingerprint density at radius 1 is 1.14 bits per heavy atom. The lowest BCUT2D eigenvalue weighted by molar-refractivity contribution is -0.166. The Morgan fingerprint density at radius 3 is 2.28 bits per heavy atom. The second kappa shape index (κ2) is 7.38. The molecule has 158 valence electrons. The third-order valence-electron chi connectivity index (χ3n) is 6.82. The fraction of sp³-hybridized carbons (Fsp3) is 0.609. The molecule has 0 radical (unpaired) electrons. The minimum atomic E-state index is -1.52. The van der Waals surface area contributed by atoms with E-state index in [2.05, 4.69) is 19.6 Å². The topological polar surface area (TPSA) is 65.0 Å². The summed E-state index contributed by atoms with van der Waals surface area (Å²) >= 11 is 0. The average molecular weight is 416 g/mol. The number of carbonyl (C=O) groups is 2. The number of ether oxygens (including phenoxy) is 2. The highest BCUT2D eigenvalue weighted by Crippen LogP contribution is 2.64. The van der Waals surface area contributed by atoms with Crippen molar-refractivity contribution in [3.8, 4) is 0 Å². The van der Waals surface area contributed by atoms with E-state index in [0.29, 0.717) is 6.42 Å². The number of methoxy groups -OCH3 is 2. The third-order valence-corrected chi connectivity index (χ3v) is 8.53. The number of fused-ring (bicyclic) bond motifs is 2. The summed E-state index contributed by atoms with van der Waals surface area (Å²) in [6, 6.07) is 10.9. The SMILES string of the molecule is COC(=O)C1C(c2ccccc2)C2(C(=O)OC)C(C)=NC1(C)CC2C[Si](C)(C)C. The van der Waals surface area contributed by atoms with Gasteiger partial charge in [0.1, 0.15) is 5.41 Å². The van der Waals surface area contributed by atoms with Crippen LogP contribution in [0.1, 0.15) is 31.7 Å². The first-order chi connectivity index (χ1) is 13.5. The summed E-state index contributed by atoms with van der Waals surface area (Å²) in [5.74, 6) is -1.41. The van der Waals surface area contributed by atoms with E-state index in [1.165, 1.54) is 14.2 Å². The average Bonchev–Trinajstić information content (AvgIpc) is 2.65. The molecule has 0 N–H and O–H groups in total. The van der Waals surface area contributed by atoms with Gasteiger partial charge in [0.05, 0.1) is 25.7 Å². The number of esters is 2. The fourth-order valence-electron chi connectivity index (χ4n) is 5.99. The fourth-order valence-corrected chi connectivity index (χ4v) is 7.93. The van der Waals surface area contributed by atoms with Crippen LogP contribution < -0.4 is 0 Å². The van der Waals surface area contributed by atoms with Crippen LogP contribution in [-0.2, 0) is 19.1 Å². The van der Waals surface area contributed by atoms with E-state index in [1.54, 1.807) is 0 Å². The molecule has 5 unspecified atom stereocenters. The first-order valence-corrected chi connectivity index (χ1v) is 14.0. The molecule has 1 aromatic rings. The number of carbonyl (C=O) groups excluding carboxylic acids is 2. The predicted molar refractivity (Wildman–Crippen MR) is 117 cm³/mol. The van der Waals surface area contributed by atoms with Crippen molar-refractivity contribution in [2.45, 2.75) is 57.4 Å². The summed E-state index contributed by atoms with van der Waals surface area (Å²) in [6.45, 7) is 11.0. The molecule has 6 heteroatoms. The van der Waals surface area contributed by atoms with Crippen molar-refractivity contribution < 1.29 is 19.1 Å². The van der Waals surface area contributed by atoms with Crippen molar-refractivity contribution in [1.29, 1.82) is 0 Å². The molecule has 3 aliphatic rings. The van der Waals surface area contributed by atoms with Gasteiger partial charge in [0.2, 0.25) is 0 Å². The number of nitrogens with zero attached hydrogens (tertiary/aromatic N) is 1. The molecule has 2 heterocycles. The molecule has 1 saturated carbocycles. The van der Waals surface area contributed by atoms with Gasteiger partial charge in [0.15, 0.2) is 0 Å². The number of benzene rings is 1. The van der Waals surface area contributed by atoms with E-state index in [1.807, 2.05) is 44.2 Å². The van der Waals surface area contributed by atoms with Gasteiger partial charge in [-0.2, -0.15) is 0 Å². The van der Waals surface area contributed by atoms with Crippen LogP contribution in [0, 0.1) is 17.3 Å². The first-order valence-electron chi connectivity index (χ1n) is 10.3. The number of rotatable bonds is 5. The molecule has 2 aliphatic heterocycles. The Kier molecular flexibility index (Phi) is 5.54. The zero-order valence-corrected chi connectivity index (χ0v) is 19.6. The van der Waals surface area contributed by atoms with Gasteiger partial charge in [-0.1, -0.05) is 56.0 Å². The molecule has 5 nitrogen and oxygen atoms in total. The maximum absolute atomic E-state index is 13.6. The van der Waals surface area contributed by atoms with Crippen LogP contribution in [0.2, 0.25) is 25.7 Å². The van der Waals surface area contributed by atoms with Crippen molar-refractivity contribution >= 4 is 25.7 Å². The van der Waals surface area contributed by atoms with Gasteiger partial charge in [-0.15, -0.1) is 0 Å². The van der Waals surface area contributed by atoms with E-state index in [0.717, 1.165) is 17.3 Å². The molecule has 0 aromatic heterocycles. The molecule has 1 aromatic carbocycles. The Hall–Kier alpha value is -1.95. The van der Waals surface area contributed by atoms with Crippen LogP contribution in [-0.4, -0.2) is 45.5 Å². The Balaban J connectivity index is 2.34. The first kappa shape index (κ1) is 21.7. The summed E-state index contributed by atoms with van der Waals surface area (Å²) in [5, 5.41) is 0. The van der Waals surface area contributed by atoms with Gasteiger partial charge in [0.25, 0.3) is 0 Å². The van der Waals surface area contributed by atoms with E-state index in [4.69, 9.17) is 14.5 Å². The summed E-state index contributed by atoms with van der Waals surface area (Å²) in [7, 11) is 1.33. The summed E-state index contributed by atoms with van der Waals surface area (Å²) in [6.07, 6.45) is 0.687. The van der Waals surface area contributed by atoms with Crippen LogP contribution in [0.25, 0.3) is 0 Å². The van der Waals surface area contributed by atoms with Gasteiger partial charge in [-0.3, -0.25) is 14.6 Å². The molecule has 0 saturated heterocycles. The zero-order chi connectivity index (χ0) is 21.6. The molecular weight excluding hydrogens is 382 g/mol. The largest absolute Gasteiger partial charge is 0.469 e. The zero-order valence-electron chi connectivity index (χ0n) is 18.6. The van der Waals surface area contributed by atoms with E-state index >= 15 is 0 Å². The highest BCUT2D eigenvalue weighted by molar-refractivity contribution is 6.76. The number of aliphatic imine (C=N–C) groups is 1. The molecule has 2 bridgehead atoms. The van der Waals surface area contributed by atoms with Gasteiger partial charge >= 0.3 is 11.9 Å². The molecule has 0 spiro atoms. The lowest BCUT2D eigenvalue weighted by atomic mass is 9.46. The summed E-state index contributed by atoms with van der Waals surface area (Å²) in [4.78, 5) is 31.6. The Labute approximate surface area is 174 Å². The van der Waals surface area contributed by atoms with E-state index in [-0.39, 0.29) is 23.8 Å². The normalized spacial score (nSPS) is 33.8. The summed E-state index contributed by atoms with van der Waals surface area (Å²) < 4.78 is 10.7. The Bertz CT molecular complexity index is 831. The highest BCUT2D eigenvalue weighted by atomic mass is 28.3. The minimum absolute atomic E-state index is 0.0789. The van der Waals surface area contributed by atoms with Crippen LogP contribution in [0.15, 0.2) is 35.3 Å². The molecule has 1 fully saturated rings. The number of hydrogen-bond acceptors (Lipinski definition) is 5.